The van der Waals surface area contributed by atoms with Gasteiger partial charge in [-0.1, -0.05) is 27.7 Å². The summed E-state index contributed by atoms with van der Waals surface area (Å²) in [5, 5.41) is 0. The van der Waals surface area contributed by atoms with Gasteiger partial charge in [0.25, 0.3) is 0 Å². The zero-order valence-corrected chi connectivity index (χ0v) is 23.0. The van der Waals surface area contributed by atoms with Crippen molar-refractivity contribution in [2.24, 2.45) is 11.8 Å². The standard InChI is InChI=1S/C30H44N2O4/c1-7-31(8-2)21-25(29(33)23-13-17-27(35-5)18-14-23)11-12-26(22-32(9-3)10-4)30(34)24-15-19-28(36-6)20-16-24/h13-20,25-26H,7-12,21-22H2,1-6H3/t25-,26+. The van der Waals surface area contributed by atoms with Gasteiger partial charge in [0.15, 0.2) is 11.6 Å². The van der Waals surface area contributed by atoms with Gasteiger partial charge in [-0.15, -0.1) is 0 Å². The lowest BCUT2D eigenvalue weighted by atomic mass is 9.86. The van der Waals surface area contributed by atoms with Gasteiger partial charge in [0, 0.05) is 36.1 Å². The van der Waals surface area contributed by atoms with Crippen molar-refractivity contribution in [2.75, 3.05) is 53.5 Å². The number of Topliss-reactive ketones (excluding diaryl/α,β-unsaturated/α-hetero) is 2. The number of benzene rings is 2. The fraction of sp³-hybridized carbons (Fsp3) is 0.533. The predicted molar refractivity (Wildman–Crippen MR) is 146 cm³/mol. The lowest BCUT2D eigenvalue weighted by Crippen LogP contribution is -2.36. The first-order chi connectivity index (χ1) is 17.4. The number of nitrogens with zero attached hydrogens (tertiary/aromatic N) is 2. The van der Waals surface area contributed by atoms with Crippen LogP contribution in [0.1, 0.15) is 61.3 Å². The van der Waals surface area contributed by atoms with Gasteiger partial charge in [-0.3, -0.25) is 9.59 Å². The maximum absolute atomic E-state index is 13.6. The summed E-state index contributed by atoms with van der Waals surface area (Å²) in [6.45, 7) is 13.4. The van der Waals surface area contributed by atoms with Gasteiger partial charge in [0.2, 0.25) is 0 Å². The van der Waals surface area contributed by atoms with Crippen LogP contribution in [0.5, 0.6) is 11.5 Å². The Morgan fingerprint density at radius 1 is 0.611 bits per heavy atom. The molecular weight excluding hydrogens is 452 g/mol. The molecule has 2 aromatic carbocycles. The minimum atomic E-state index is -0.179. The molecule has 0 aliphatic rings. The SMILES string of the molecule is CCN(CC)C[C@@H](CC[C@@H](CN(CC)CC)C(=O)c1ccc(OC)cc1)C(=O)c1ccc(OC)cc1. The molecule has 0 amide bonds. The van der Waals surface area contributed by atoms with E-state index in [1.807, 2.05) is 48.5 Å². The van der Waals surface area contributed by atoms with E-state index in [9.17, 15) is 9.59 Å². The summed E-state index contributed by atoms with van der Waals surface area (Å²) in [4.78, 5) is 31.8. The molecule has 198 valence electrons. The fourth-order valence-electron chi connectivity index (χ4n) is 4.58. The highest BCUT2D eigenvalue weighted by molar-refractivity contribution is 5.99. The molecule has 6 heteroatoms. The molecule has 0 unspecified atom stereocenters. The highest BCUT2D eigenvalue weighted by Crippen LogP contribution is 2.24. The third-order valence-corrected chi connectivity index (χ3v) is 7.10. The minimum absolute atomic E-state index is 0.128. The molecule has 6 nitrogen and oxygen atoms in total. The number of ketones is 2. The Morgan fingerprint density at radius 3 is 1.17 bits per heavy atom. The van der Waals surface area contributed by atoms with Gasteiger partial charge in [-0.25, -0.2) is 0 Å². The highest BCUT2D eigenvalue weighted by atomic mass is 16.5. The molecule has 0 bridgehead atoms. The molecule has 0 fully saturated rings. The number of carbonyl (C=O) groups excluding carboxylic acids is 2. The Balaban J connectivity index is 2.27. The summed E-state index contributed by atoms with van der Waals surface area (Å²) < 4.78 is 10.5. The number of hydrogen-bond acceptors (Lipinski definition) is 6. The van der Waals surface area contributed by atoms with Crippen LogP contribution in [0.2, 0.25) is 0 Å². The van der Waals surface area contributed by atoms with E-state index < -0.39 is 0 Å². The van der Waals surface area contributed by atoms with Gasteiger partial charge in [0.1, 0.15) is 11.5 Å². The second-order valence-corrected chi connectivity index (χ2v) is 9.13. The van der Waals surface area contributed by atoms with Crippen LogP contribution in [-0.4, -0.2) is 74.9 Å². The summed E-state index contributed by atoms with van der Waals surface area (Å²) in [5.41, 5.74) is 1.38. The fourth-order valence-corrected chi connectivity index (χ4v) is 4.58. The number of carbonyl (C=O) groups is 2. The molecule has 0 radical (unpaired) electrons. The van der Waals surface area contributed by atoms with E-state index >= 15 is 0 Å². The van der Waals surface area contributed by atoms with E-state index in [0.717, 1.165) is 37.7 Å². The van der Waals surface area contributed by atoms with Gasteiger partial charge >= 0.3 is 0 Å². The van der Waals surface area contributed by atoms with Gasteiger partial charge in [-0.2, -0.15) is 0 Å². The van der Waals surface area contributed by atoms with Crippen molar-refractivity contribution >= 4 is 11.6 Å². The van der Waals surface area contributed by atoms with Gasteiger partial charge in [-0.05, 0) is 87.6 Å². The average molecular weight is 497 g/mol. The molecule has 0 N–H and O–H groups in total. The minimum Gasteiger partial charge on any atom is -0.497 e. The number of ether oxygens (including phenoxy) is 2. The summed E-state index contributed by atoms with van der Waals surface area (Å²) in [6.07, 6.45) is 1.32. The topological polar surface area (TPSA) is 59.1 Å². The van der Waals surface area contributed by atoms with Crippen LogP contribution < -0.4 is 9.47 Å². The Labute approximate surface area is 217 Å². The third kappa shape index (κ3) is 8.45. The van der Waals surface area contributed by atoms with Crippen molar-refractivity contribution < 1.29 is 19.1 Å². The van der Waals surface area contributed by atoms with E-state index in [1.54, 1.807) is 14.2 Å². The van der Waals surface area contributed by atoms with Crippen LogP contribution in [0, 0.1) is 11.8 Å². The average Bonchev–Trinajstić information content (AvgIpc) is 2.94. The molecule has 0 heterocycles. The molecule has 36 heavy (non-hydrogen) atoms. The Morgan fingerprint density at radius 2 is 0.917 bits per heavy atom. The first-order valence-corrected chi connectivity index (χ1v) is 13.2. The largest absolute Gasteiger partial charge is 0.497 e. The van der Waals surface area contributed by atoms with Crippen LogP contribution in [0.4, 0.5) is 0 Å². The third-order valence-electron chi connectivity index (χ3n) is 7.10. The van der Waals surface area contributed by atoms with Crippen LogP contribution in [-0.2, 0) is 0 Å². The van der Waals surface area contributed by atoms with Crippen molar-refractivity contribution in [2.45, 2.75) is 40.5 Å². The summed E-state index contributed by atoms with van der Waals surface area (Å²) in [6, 6.07) is 14.7. The smallest absolute Gasteiger partial charge is 0.167 e. The molecule has 0 aliphatic heterocycles. The van der Waals surface area contributed by atoms with E-state index in [4.69, 9.17) is 9.47 Å². The maximum atomic E-state index is 13.6. The molecule has 2 atom stereocenters. The molecule has 0 saturated carbocycles. The normalized spacial score (nSPS) is 13.0. The predicted octanol–water partition coefficient (Wildman–Crippen LogP) is 5.47. The van der Waals surface area contributed by atoms with Crippen molar-refractivity contribution in [3.8, 4) is 11.5 Å². The summed E-state index contributed by atoms with van der Waals surface area (Å²) in [5.74, 6) is 1.36. The molecular formula is C30H44N2O4. The number of rotatable bonds is 17. The van der Waals surface area contributed by atoms with Gasteiger partial charge < -0.3 is 19.3 Å². The summed E-state index contributed by atoms with van der Waals surface area (Å²) in [7, 11) is 3.24. The molecule has 2 aromatic rings. The van der Waals surface area contributed by atoms with E-state index in [-0.39, 0.29) is 23.4 Å². The van der Waals surface area contributed by atoms with E-state index in [2.05, 4.69) is 37.5 Å². The second-order valence-electron chi connectivity index (χ2n) is 9.13. The highest BCUT2D eigenvalue weighted by Gasteiger charge is 2.27. The molecule has 2 rings (SSSR count). The van der Waals surface area contributed by atoms with Crippen molar-refractivity contribution in [1.82, 2.24) is 9.80 Å². The Kier molecular flexibility index (Phi) is 12.6. The lowest BCUT2D eigenvalue weighted by Gasteiger charge is -2.28. The van der Waals surface area contributed by atoms with Crippen molar-refractivity contribution in [1.29, 1.82) is 0 Å². The van der Waals surface area contributed by atoms with Crippen LogP contribution >= 0.6 is 0 Å². The lowest BCUT2D eigenvalue weighted by molar-refractivity contribution is 0.0815. The Hall–Kier alpha value is -2.70. The van der Waals surface area contributed by atoms with Crippen LogP contribution in [0.25, 0.3) is 0 Å². The zero-order chi connectivity index (χ0) is 26.5. The maximum Gasteiger partial charge on any atom is 0.167 e. The van der Waals surface area contributed by atoms with Crippen LogP contribution in [0.15, 0.2) is 48.5 Å². The molecule has 0 aromatic heterocycles. The van der Waals surface area contributed by atoms with Gasteiger partial charge in [0.05, 0.1) is 14.2 Å². The first kappa shape index (κ1) is 29.5. The second kappa shape index (κ2) is 15.4. The van der Waals surface area contributed by atoms with E-state index in [0.29, 0.717) is 37.1 Å². The van der Waals surface area contributed by atoms with Crippen molar-refractivity contribution in [3.05, 3.63) is 59.7 Å². The molecule has 0 spiro atoms. The number of hydrogen-bond donors (Lipinski definition) is 0. The molecule has 0 aliphatic carbocycles. The molecule has 0 saturated heterocycles. The van der Waals surface area contributed by atoms with E-state index in [1.165, 1.54) is 0 Å². The Bertz CT molecular complexity index is 841. The number of methoxy groups -OCH3 is 2. The van der Waals surface area contributed by atoms with Crippen molar-refractivity contribution in [3.63, 3.8) is 0 Å². The van der Waals surface area contributed by atoms with Crippen LogP contribution in [0.3, 0.4) is 0 Å². The quantitative estimate of drug-likeness (QED) is 0.271. The summed E-state index contributed by atoms with van der Waals surface area (Å²) >= 11 is 0. The zero-order valence-electron chi connectivity index (χ0n) is 23.0. The first-order valence-electron chi connectivity index (χ1n) is 13.2. The monoisotopic (exact) mass is 496 g/mol.